The number of ether oxygens (including phenoxy) is 1. The summed E-state index contributed by atoms with van der Waals surface area (Å²) in [6, 6.07) is 7.60. The molecule has 2 heterocycles. The maximum absolute atomic E-state index is 13.5. The molecule has 4 atom stereocenters. The van der Waals surface area contributed by atoms with E-state index in [9.17, 15) is 9.59 Å². The molecule has 6 heteroatoms. The first-order valence-electron chi connectivity index (χ1n) is 11.6. The number of nitrogens with one attached hydrogen (secondary N) is 1. The third-order valence-electron chi connectivity index (χ3n) is 7.53. The van der Waals surface area contributed by atoms with Gasteiger partial charge in [-0.05, 0) is 60.6 Å². The van der Waals surface area contributed by atoms with Crippen molar-refractivity contribution in [2.45, 2.75) is 70.9 Å². The van der Waals surface area contributed by atoms with Crippen molar-refractivity contribution in [3.63, 3.8) is 0 Å². The Labute approximate surface area is 190 Å². The molecule has 3 fully saturated rings. The standard InChI is InChI=1S/C25H35ClN2O3/c1-16(2)21(27-22(29)18-9-11-25(13-18)15-31-25)23(30)28-12-10-20(24(3,4)14-28)17-5-7-19(26)8-6-17/h5-8,16,18,20-21H,9-15H2,1-4H3,(H,27,29). The largest absolute Gasteiger partial charge is 0.370 e. The van der Waals surface area contributed by atoms with Crippen molar-refractivity contribution in [1.82, 2.24) is 10.2 Å². The third kappa shape index (κ3) is 4.78. The smallest absolute Gasteiger partial charge is 0.245 e. The minimum Gasteiger partial charge on any atom is -0.370 e. The number of carbonyl (C=O) groups is 2. The molecule has 1 aromatic rings. The van der Waals surface area contributed by atoms with E-state index in [1.807, 2.05) is 30.9 Å². The topological polar surface area (TPSA) is 61.9 Å². The molecule has 1 spiro atoms. The van der Waals surface area contributed by atoms with Crippen LogP contribution in [0.2, 0.25) is 5.02 Å². The zero-order valence-electron chi connectivity index (χ0n) is 19.1. The van der Waals surface area contributed by atoms with Crippen LogP contribution in [-0.4, -0.2) is 48.1 Å². The second kappa shape index (κ2) is 8.40. The second-order valence-electron chi connectivity index (χ2n) is 10.8. The molecule has 5 nitrogen and oxygen atoms in total. The maximum atomic E-state index is 13.5. The van der Waals surface area contributed by atoms with Crippen LogP contribution in [0, 0.1) is 17.3 Å². The number of hydrogen-bond donors (Lipinski definition) is 1. The molecule has 2 saturated heterocycles. The lowest BCUT2D eigenvalue weighted by Crippen LogP contribution is -2.56. The normalized spacial score (nSPS) is 30.5. The van der Waals surface area contributed by atoms with Gasteiger partial charge in [-0.25, -0.2) is 0 Å². The van der Waals surface area contributed by atoms with Gasteiger partial charge in [-0.3, -0.25) is 9.59 Å². The van der Waals surface area contributed by atoms with E-state index in [0.717, 1.165) is 37.3 Å². The Morgan fingerprint density at radius 2 is 1.87 bits per heavy atom. The summed E-state index contributed by atoms with van der Waals surface area (Å²) in [6.45, 7) is 10.6. The summed E-state index contributed by atoms with van der Waals surface area (Å²) in [7, 11) is 0. The SMILES string of the molecule is CC(C)C(NC(=O)C1CCC2(CO2)C1)C(=O)N1CCC(c2ccc(Cl)cc2)C(C)(C)C1. The van der Waals surface area contributed by atoms with E-state index in [2.05, 4.69) is 31.3 Å². The van der Waals surface area contributed by atoms with E-state index >= 15 is 0 Å². The van der Waals surface area contributed by atoms with Crippen LogP contribution in [0.3, 0.4) is 0 Å². The number of benzene rings is 1. The number of halogens is 1. The number of likely N-dealkylation sites (tertiary alicyclic amines) is 1. The molecule has 3 aliphatic rings. The average molecular weight is 447 g/mol. The summed E-state index contributed by atoms with van der Waals surface area (Å²) in [5.74, 6) is 0.426. The van der Waals surface area contributed by atoms with Crippen LogP contribution in [0.15, 0.2) is 24.3 Å². The van der Waals surface area contributed by atoms with Crippen LogP contribution in [0.25, 0.3) is 0 Å². The van der Waals surface area contributed by atoms with Crippen LogP contribution in [0.4, 0.5) is 0 Å². The monoisotopic (exact) mass is 446 g/mol. The second-order valence-corrected chi connectivity index (χ2v) is 11.2. The van der Waals surface area contributed by atoms with Gasteiger partial charge in [0.2, 0.25) is 11.8 Å². The van der Waals surface area contributed by atoms with Gasteiger partial charge in [-0.2, -0.15) is 0 Å². The fraction of sp³-hybridized carbons (Fsp3) is 0.680. The molecular formula is C25H35ClN2O3. The van der Waals surface area contributed by atoms with Gasteiger partial charge in [0.15, 0.2) is 0 Å². The van der Waals surface area contributed by atoms with Gasteiger partial charge in [0, 0.05) is 24.0 Å². The Hall–Kier alpha value is -1.59. The minimum atomic E-state index is -0.480. The van der Waals surface area contributed by atoms with E-state index in [4.69, 9.17) is 16.3 Å². The van der Waals surface area contributed by atoms with Gasteiger partial charge in [-0.15, -0.1) is 0 Å². The molecule has 31 heavy (non-hydrogen) atoms. The van der Waals surface area contributed by atoms with Gasteiger partial charge >= 0.3 is 0 Å². The molecular weight excluding hydrogens is 412 g/mol. The molecule has 1 saturated carbocycles. The first kappa shape index (κ1) is 22.6. The zero-order valence-corrected chi connectivity index (χ0v) is 19.9. The summed E-state index contributed by atoms with van der Waals surface area (Å²) < 4.78 is 5.55. The summed E-state index contributed by atoms with van der Waals surface area (Å²) in [5.41, 5.74) is 1.18. The highest BCUT2D eigenvalue weighted by molar-refractivity contribution is 6.30. The van der Waals surface area contributed by atoms with Crippen LogP contribution in [-0.2, 0) is 14.3 Å². The van der Waals surface area contributed by atoms with E-state index in [1.54, 1.807) is 0 Å². The third-order valence-corrected chi connectivity index (χ3v) is 7.79. The minimum absolute atomic E-state index is 0.00901. The summed E-state index contributed by atoms with van der Waals surface area (Å²) in [5, 5.41) is 3.84. The van der Waals surface area contributed by atoms with Gasteiger partial charge in [0.25, 0.3) is 0 Å². The highest BCUT2D eigenvalue weighted by Gasteiger charge is 2.52. The molecule has 4 unspecified atom stereocenters. The number of piperidine rings is 1. The van der Waals surface area contributed by atoms with Gasteiger partial charge in [0.1, 0.15) is 6.04 Å². The molecule has 4 rings (SSSR count). The average Bonchev–Trinajstić information content (AvgIpc) is 3.33. The number of rotatable bonds is 5. The van der Waals surface area contributed by atoms with E-state index in [0.29, 0.717) is 19.0 Å². The van der Waals surface area contributed by atoms with Gasteiger partial charge < -0.3 is 15.0 Å². The van der Waals surface area contributed by atoms with E-state index in [1.165, 1.54) is 5.56 Å². The molecule has 0 bridgehead atoms. The molecule has 170 valence electrons. The number of carbonyl (C=O) groups excluding carboxylic acids is 2. The number of epoxide rings is 1. The Morgan fingerprint density at radius 3 is 2.42 bits per heavy atom. The van der Waals surface area contributed by atoms with Crippen molar-refractivity contribution in [3.8, 4) is 0 Å². The molecule has 2 amide bonds. The van der Waals surface area contributed by atoms with E-state index < -0.39 is 6.04 Å². The quantitative estimate of drug-likeness (QED) is 0.682. The highest BCUT2D eigenvalue weighted by Crippen LogP contribution is 2.46. The lowest BCUT2D eigenvalue weighted by Gasteiger charge is -2.46. The van der Waals surface area contributed by atoms with Gasteiger partial charge in [0.05, 0.1) is 12.2 Å². The Balaban J connectivity index is 1.41. The number of hydrogen-bond acceptors (Lipinski definition) is 3. The highest BCUT2D eigenvalue weighted by atomic mass is 35.5. The summed E-state index contributed by atoms with van der Waals surface area (Å²) in [4.78, 5) is 28.3. The van der Waals surface area contributed by atoms with Crippen molar-refractivity contribution in [2.75, 3.05) is 19.7 Å². The molecule has 1 aliphatic carbocycles. The number of nitrogens with zero attached hydrogens (tertiary/aromatic N) is 1. The lowest BCUT2D eigenvalue weighted by molar-refractivity contribution is -0.141. The fourth-order valence-electron chi connectivity index (χ4n) is 5.52. The number of amides is 2. The van der Waals surface area contributed by atoms with Gasteiger partial charge in [-0.1, -0.05) is 51.4 Å². The molecule has 0 radical (unpaired) electrons. The van der Waals surface area contributed by atoms with Crippen molar-refractivity contribution in [3.05, 3.63) is 34.9 Å². The van der Waals surface area contributed by atoms with Crippen LogP contribution >= 0.6 is 11.6 Å². The molecule has 2 aliphatic heterocycles. The maximum Gasteiger partial charge on any atom is 0.245 e. The van der Waals surface area contributed by atoms with Crippen molar-refractivity contribution < 1.29 is 14.3 Å². The van der Waals surface area contributed by atoms with E-state index in [-0.39, 0.29) is 34.7 Å². The lowest BCUT2D eigenvalue weighted by atomic mass is 9.70. The fourth-order valence-corrected chi connectivity index (χ4v) is 5.64. The molecule has 1 N–H and O–H groups in total. The Bertz CT molecular complexity index is 832. The predicted octanol–water partition coefficient (Wildman–Crippen LogP) is 4.39. The molecule has 1 aromatic carbocycles. The van der Waals surface area contributed by atoms with Crippen LogP contribution in [0.5, 0.6) is 0 Å². The predicted molar refractivity (Wildman–Crippen MR) is 122 cm³/mol. The first-order chi connectivity index (χ1) is 14.6. The van der Waals surface area contributed by atoms with Crippen molar-refractivity contribution >= 4 is 23.4 Å². The Morgan fingerprint density at radius 1 is 1.19 bits per heavy atom. The summed E-state index contributed by atoms with van der Waals surface area (Å²) in [6.07, 6.45) is 3.50. The first-order valence-corrected chi connectivity index (χ1v) is 12.0. The summed E-state index contributed by atoms with van der Waals surface area (Å²) >= 11 is 6.06. The van der Waals surface area contributed by atoms with Crippen LogP contribution < -0.4 is 5.32 Å². The van der Waals surface area contributed by atoms with Crippen molar-refractivity contribution in [1.29, 1.82) is 0 Å². The van der Waals surface area contributed by atoms with Crippen molar-refractivity contribution in [2.24, 2.45) is 17.3 Å². The van der Waals surface area contributed by atoms with Crippen LogP contribution in [0.1, 0.15) is 64.9 Å². The molecule has 0 aromatic heterocycles. The Kier molecular flexibility index (Phi) is 6.12. The zero-order chi connectivity index (χ0) is 22.4.